The molecule has 0 aromatic heterocycles. The van der Waals surface area contributed by atoms with Crippen LogP contribution in [-0.2, 0) is 19.9 Å². The molecular formula is C20H24O3Si. The van der Waals surface area contributed by atoms with E-state index in [0.29, 0.717) is 19.8 Å². The van der Waals surface area contributed by atoms with Gasteiger partial charge in [0.05, 0.1) is 6.61 Å². The van der Waals surface area contributed by atoms with Crippen molar-refractivity contribution in [2.45, 2.75) is 27.0 Å². The van der Waals surface area contributed by atoms with Gasteiger partial charge in [0, 0.05) is 19.8 Å². The van der Waals surface area contributed by atoms with Gasteiger partial charge in [-0.05, 0) is 47.0 Å². The van der Waals surface area contributed by atoms with Crippen LogP contribution in [0.1, 0.15) is 19.4 Å². The van der Waals surface area contributed by atoms with Crippen molar-refractivity contribution in [3.63, 3.8) is 0 Å². The van der Waals surface area contributed by atoms with E-state index < -0.39 is 8.80 Å². The average Bonchev–Trinajstić information content (AvgIpc) is 2.59. The Balaban J connectivity index is 2.03. The summed E-state index contributed by atoms with van der Waals surface area (Å²) in [7, 11) is -2.61. The molecule has 0 aliphatic heterocycles. The van der Waals surface area contributed by atoms with Gasteiger partial charge in [0.25, 0.3) is 0 Å². The molecule has 0 saturated carbocycles. The van der Waals surface area contributed by atoms with Gasteiger partial charge in [0.2, 0.25) is 0 Å². The molecule has 3 rings (SSSR count). The van der Waals surface area contributed by atoms with Crippen molar-refractivity contribution in [3.05, 3.63) is 60.2 Å². The van der Waals surface area contributed by atoms with Gasteiger partial charge in [-0.15, -0.1) is 0 Å². The molecule has 0 heterocycles. The summed E-state index contributed by atoms with van der Waals surface area (Å²) in [5.41, 5.74) is 1.20. The van der Waals surface area contributed by atoms with Gasteiger partial charge in [0.1, 0.15) is 0 Å². The molecule has 0 spiro atoms. The van der Waals surface area contributed by atoms with Gasteiger partial charge in [-0.1, -0.05) is 48.5 Å². The standard InChI is InChI=1S/C20H24O3Si/c1-4-21-24(3,22-5-2)23-15-20-18-12-8-6-10-16(18)14-17-11-7-9-13-19(17)20/h6-14H,4-5,15H2,1-3H3. The second-order valence-electron chi connectivity index (χ2n) is 5.81. The van der Waals surface area contributed by atoms with Crippen molar-refractivity contribution in [2.75, 3.05) is 13.2 Å². The lowest BCUT2D eigenvalue weighted by Gasteiger charge is -2.25. The number of benzene rings is 3. The van der Waals surface area contributed by atoms with Crippen molar-refractivity contribution in [3.8, 4) is 0 Å². The number of hydrogen-bond acceptors (Lipinski definition) is 3. The van der Waals surface area contributed by atoms with Crippen molar-refractivity contribution >= 4 is 30.3 Å². The first-order chi connectivity index (χ1) is 11.7. The quantitative estimate of drug-likeness (QED) is 0.440. The first-order valence-corrected chi connectivity index (χ1v) is 10.7. The third kappa shape index (κ3) is 3.52. The van der Waals surface area contributed by atoms with E-state index in [2.05, 4.69) is 54.6 Å². The van der Waals surface area contributed by atoms with Gasteiger partial charge in [0.15, 0.2) is 0 Å². The number of hydrogen-bond donors (Lipinski definition) is 0. The number of rotatable bonds is 7. The van der Waals surface area contributed by atoms with Crippen molar-refractivity contribution in [1.29, 1.82) is 0 Å². The molecule has 0 radical (unpaired) electrons. The Bertz CT molecular complexity index is 771. The summed E-state index contributed by atoms with van der Waals surface area (Å²) in [5, 5.41) is 4.90. The smallest absolute Gasteiger partial charge is 0.374 e. The molecule has 0 atom stereocenters. The van der Waals surface area contributed by atoms with Crippen LogP contribution in [0.25, 0.3) is 21.5 Å². The Morgan fingerprint density at radius 3 is 1.75 bits per heavy atom. The highest BCUT2D eigenvalue weighted by molar-refractivity contribution is 6.59. The molecular weight excluding hydrogens is 316 g/mol. The highest BCUT2D eigenvalue weighted by Crippen LogP contribution is 2.30. The van der Waals surface area contributed by atoms with Gasteiger partial charge in [-0.2, -0.15) is 0 Å². The first kappa shape index (κ1) is 17.1. The number of fused-ring (bicyclic) bond motifs is 2. The SMILES string of the molecule is CCO[Si](C)(OCC)OCc1c2ccccc2cc2ccccc12. The second-order valence-corrected chi connectivity index (χ2v) is 8.41. The zero-order chi connectivity index (χ0) is 17.0. The van der Waals surface area contributed by atoms with Gasteiger partial charge < -0.3 is 13.3 Å². The predicted molar refractivity (Wildman–Crippen MR) is 101 cm³/mol. The largest absolute Gasteiger partial charge is 0.497 e. The maximum atomic E-state index is 6.21. The van der Waals surface area contributed by atoms with E-state index in [1.807, 2.05) is 20.4 Å². The van der Waals surface area contributed by atoms with Crippen LogP contribution in [0.2, 0.25) is 6.55 Å². The Kier molecular flexibility index (Phi) is 5.31. The molecule has 0 fully saturated rings. The molecule has 0 amide bonds. The fourth-order valence-electron chi connectivity index (χ4n) is 3.12. The maximum Gasteiger partial charge on any atom is 0.497 e. The molecule has 0 aliphatic rings. The molecule has 3 aromatic carbocycles. The highest BCUT2D eigenvalue weighted by atomic mass is 28.4. The zero-order valence-electron chi connectivity index (χ0n) is 14.5. The van der Waals surface area contributed by atoms with E-state index in [4.69, 9.17) is 13.3 Å². The molecule has 0 saturated heterocycles. The third-order valence-electron chi connectivity index (χ3n) is 4.17. The molecule has 0 unspecified atom stereocenters. The minimum atomic E-state index is -2.61. The normalized spacial score (nSPS) is 12.1. The minimum absolute atomic E-state index is 0.491. The monoisotopic (exact) mass is 340 g/mol. The predicted octanol–water partition coefficient (Wildman–Crippen LogP) is 5.15. The van der Waals surface area contributed by atoms with Crippen LogP contribution in [0, 0.1) is 0 Å². The summed E-state index contributed by atoms with van der Waals surface area (Å²) in [4.78, 5) is 0. The third-order valence-corrected chi connectivity index (χ3v) is 6.47. The van der Waals surface area contributed by atoms with Crippen LogP contribution in [0.3, 0.4) is 0 Å². The van der Waals surface area contributed by atoms with Gasteiger partial charge in [-0.25, -0.2) is 0 Å². The molecule has 126 valence electrons. The highest BCUT2D eigenvalue weighted by Gasteiger charge is 2.34. The van der Waals surface area contributed by atoms with E-state index in [-0.39, 0.29) is 0 Å². The van der Waals surface area contributed by atoms with E-state index in [1.165, 1.54) is 27.1 Å². The Morgan fingerprint density at radius 2 is 1.25 bits per heavy atom. The van der Waals surface area contributed by atoms with Gasteiger partial charge >= 0.3 is 8.80 Å². The van der Waals surface area contributed by atoms with E-state index in [9.17, 15) is 0 Å². The van der Waals surface area contributed by atoms with Crippen LogP contribution in [0.5, 0.6) is 0 Å². The average molecular weight is 340 g/mol. The second kappa shape index (κ2) is 7.45. The van der Waals surface area contributed by atoms with E-state index in [0.717, 1.165) is 0 Å². The molecule has 0 aliphatic carbocycles. The Labute approximate surface area is 144 Å². The minimum Gasteiger partial charge on any atom is -0.374 e. The summed E-state index contributed by atoms with van der Waals surface area (Å²) in [6, 6.07) is 19.1. The van der Waals surface area contributed by atoms with Gasteiger partial charge in [-0.3, -0.25) is 0 Å². The molecule has 3 nitrogen and oxygen atoms in total. The van der Waals surface area contributed by atoms with Crippen molar-refractivity contribution < 1.29 is 13.3 Å². The van der Waals surface area contributed by atoms with Crippen LogP contribution in [0.15, 0.2) is 54.6 Å². The van der Waals surface area contributed by atoms with Crippen LogP contribution >= 0.6 is 0 Å². The summed E-state index contributed by atoms with van der Waals surface area (Å²) in [6.45, 7) is 7.60. The summed E-state index contributed by atoms with van der Waals surface area (Å²) in [6.07, 6.45) is 0. The molecule has 0 N–H and O–H groups in total. The lowest BCUT2D eigenvalue weighted by Crippen LogP contribution is -2.42. The summed E-state index contributed by atoms with van der Waals surface area (Å²) in [5.74, 6) is 0. The Hall–Kier alpha value is -1.72. The van der Waals surface area contributed by atoms with Crippen LogP contribution in [-0.4, -0.2) is 22.0 Å². The summed E-state index contributed by atoms with van der Waals surface area (Å²) >= 11 is 0. The summed E-state index contributed by atoms with van der Waals surface area (Å²) < 4.78 is 17.8. The molecule has 24 heavy (non-hydrogen) atoms. The molecule has 0 bridgehead atoms. The Morgan fingerprint density at radius 1 is 0.750 bits per heavy atom. The van der Waals surface area contributed by atoms with Crippen molar-refractivity contribution in [1.82, 2.24) is 0 Å². The van der Waals surface area contributed by atoms with E-state index >= 15 is 0 Å². The van der Waals surface area contributed by atoms with E-state index in [1.54, 1.807) is 0 Å². The maximum absolute atomic E-state index is 6.21. The van der Waals surface area contributed by atoms with Crippen LogP contribution in [0.4, 0.5) is 0 Å². The fourth-order valence-corrected chi connectivity index (χ4v) is 4.82. The topological polar surface area (TPSA) is 27.7 Å². The van der Waals surface area contributed by atoms with Crippen LogP contribution < -0.4 is 0 Å². The fraction of sp³-hybridized carbons (Fsp3) is 0.300. The lowest BCUT2D eigenvalue weighted by molar-refractivity contribution is 0.0686. The lowest BCUT2D eigenvalue weighted by atomic mass is 9.97. The zero-order valence-corrected chi connectivity index (χ0v) is 15.5. The molecule has 3 aromatic rings. The molecule has 4 heteroatoms. The first-order valence-electron chi connectivity index (χ1n) is 8.48. The van der Waals surface area contributed by atoms with Crippen molar-refractivity contribution in [2.24, 2.45) is 0 Å².